The maximum Gasteiger partial charge on any atom is 0.372 e. The van der Waals surface area contributed by atoms with Crippen LogP contribution in [0.4, 0.5) is 4.39 Å². The lowest BCUT2D eigenvalue weighted by Crippen LogP contribution is -2.06. The van der Waals surface area contributed by atoms with Gasteiger partial charge in [0.05, 0.1) is 0 Å². The molecule has 0 unspecified atom stereocenters. The zero-order chi connectivity index (χ0) is 18.2. The van der Waals surface area contributed by atoms with Crippen molar-refractivity contribution in [1.82, 2.24) is 0 Å². The largest absolute Gasteiger partial charge is 0.421 e. The van der Waals surface area contributed by atoms with Gasteiger partial charge in [0, 0.05) is 21.6 Å². The highest BCUT2D eigenvalue weighted by molar-refractivity contribution is 8.14. The molecule has 0 aliphatic carbocycles. The van der Waals surface area contributed by atoms with Crippen molar-refractivity contribution in [2.75, 3.05) is 11.5 Å². The fraction of sp³-hybridized carbons (Fsp3) is 0.368. The van der Waals surface area contributed by atoms with Gasteiger partial charge in [-0.15, -0.1) is 11.8 Å². The number of rotatable bonds is 9. The van der Waals surface area contributed by atoms with Crippen molar-refractivity contribution in [3.63, 3.8) is 0 Å². The van der Waals surface area contributed by atoms with Gasteiger partial charge in [-0.2, -0.15) is 4.39 Å². The number of thioether (sulfide) groups is 2. The molecule has 0 aliphatic heterocycles. The number of benzene rings is 1. The maximum absolute atomic E-state index is 13.7. The first-order valence-corrected chi connectivity index (χ1v) is 10.1. The second kappa shape index (κ2) is 9.82. The topological polar surface area (TPSA) is 47.3 Å². The third-order valence-corrected chi connectivity index (χ3v) is 5.81. The molecule has 0 saturated carbocycles. The van der Waals surface area contributed by atoms with Crippen molar-refractivity contribution in [1.29, 1.82) is 0 Å². The van der Waals surface area contributed by atoms with E-state index in [-0.39, 0.29) is 5.12 Å². The summed E-state index contributed by atoms with van der Waals surface area (Å²) in [5, 5.41) is 0.681. The van der Waals surface area contributed by atoms with E-state index in [1.807, 2.05) is 12.1 Å². The lowest BCUT2D eigenvalue weighted by atomic mass is 10.1. The molecule has 0 radical (unpaired) electrons. The monoisotopic (exact) mass is 380 g/mol. The summed E-state index contributed by atoms with van der Waals surface area (Å²) in [7, 11) is 0. The van der Waals surface area contributed by atoms with E-state index in [0.717, 1.165) is 42.1 Å². The molecule has 0 amide bonds. The molecule has 1 aromatic carbocycles. The Labute approximate surface area is 155 Å². The van der Waals surface area contributed by atoms with E-state index in [1.165, 1.54) is 17.8 Å². The minimum absolute atomic E-state index is 0.0365. The highest BCUT2D eigenvalue weighted by Gasteiger charge is 2.11. The van der Waals surface area contributed by atoms with Gasteiger partial charge in [0.2, 0.25) is 10.9 Å². The quantitative estimate of drug-likeness (QED) is 0.254. The van der Waals surface area contributed by atoms with Crippen molar-refractivity contribution in [3.05, 3.63) is 52.7 Å². The van der Waals surface area contributed by atoms with E-state index in [4.69, 9.17) is 4.42 Å². The fourth-order valence-electron chi connectivity index (χ4n) is 2.38. The number of halogens is 1. The summed E-state index contributed by atoms with van der Waals surface area (Å²) >= 11 is 3.03. The highest BCUT2D eigenvalue weighted by Crippen LogP contribution is 2.26. The van der Waals surface area contributed by atoms with Crippen LogP contribution in [0.15, 0.2) is 45.0 Å². The summed E-state index contributed by atoms with van der Waals surface area (Å²) in [4.78, 5) is 23.4. The molecule has 0 aliphatic rings. The lowest BCUT2D eigenvalue weighted by Gasteiger charge is -2.06. The van der Waals surface area contributed by atoms with E-state index >= 15 is 0 Å². The Bertz CT molecular complexity index is 814. The molecule has 2 rings (SSSR count). The summed E-state index contributed by atoms with van der Waals surface area (Å²) in [6, 6.07) is 5.49. The van der Waals surface area contributed by atoms with Crippen LogP contribution < -0.4 is 5.63 Å². The summed E-state index contributed by atoms with van der Waals surface area (Å²) in [5.74, 6) is 1.00. The maximum atomic E-state index is 13.7. The van der Waals surface area contributed by atoms with Crippen LogP contribution in [-0.4, -0.2) is 16.6 Å². The standard InChI is InChI=1S/C19H21FO3S2/c1-3-17(21)25-11-7-5-4-6-10-24-14-8-9-16-15(12-14)13(2)18(20)19(22)23-16/h3,8-9,12H,1,4-7,10-11H2,2H3. The number of hydrogen-bond donors (Lipinski definition) is 0. The minimum atomic E-state index is -0.918. The third-order valence-electron chi connectivity index (χ3n) is 3.78. The molecule has 0 saturated heterocycles. The van der Waals surface area contributed by atoms with Crippen LogP contribution in [0.1, 0.15) is 31.2 Å². The molecule has 2 aromatic rings. The van der Waals surface area contributed by atoms with Crippen molar-refractivity contribution >= 4 is 39.6 Å². The predicted molar refractivity (Wildman–Crippen MR) is 104 cm³/mol. The van der Waals surface area contributed by atoms with Gasteiger partial charge >= 0.3 is 5.63 Å². The lowest BCUT2D eigenvalue weighted by molar-refractivity contribution is -0.107. The molecule has 0 N–H and O–H groups in total. The summed E-state index contributed by atoms with van der Waals surface area (Å²) in [6.45, 7) is 5.04. The molecular formula is C19H21FO3S2. The average molecular weight is 381 g/mol. The number of carbonyl (C=O) groups excluding carboxylic acids is 1. The Balaban J connectivity index is 1.77. The first-order chi connectivity index (χ1) is 12.0. The van der Waals surface area contributed by atoms with Gasteiger partial charge in [-0.3, -0.25) is 4.79 Å². The van der Waals surface area contributed by atoms with Gasteiger partial charge in [-0.05, 0) is 49.8 Å². The summed E-state index contributed by atoms with van der Waals surface area (Å²) in [6.07, 6.45) is 5.68. The Morgan fingerprint density at radius 2 is 1.96 bits per heavy atom. The molecule has 0 bridgehead atoms. The Kier molecular flexibility index (Phi) is 7.78. The van der Waals surface area contributed by atoms with Crippen molar-refractivity contribution in [2.24, 2.45) is 0 Å². The molecule has 134 valence electrons. The van der Waals surface area contributed by atoms with Crippen LogP contribution in [0.25, 0.3) is 11.0 Å². The van der Waals surface area contributed by atoms with Crippen LogP contribution in [0.2, 0.25) is 0 Å². The normalized spacial score (nSPS) is 11.0. The zero-order valence-corrected chi connectivity index (χ0v) is 15.8. The molecule has 1 heterocycles. The van der Waals surface area contributed by atoms with E-state index in [1.54, 1.807) is 24.8 Å². The SMILES string of the molecule is C=CC(=O)SCCCCCCSc1ccc2oc(=O)c(F)c(C)c2c1. The molecule has 0 fully saturated rings. The molecule has 0 atom stereocenters. The van der Waals surface area contributed by atoms with Gasteiger partial charge in [-0.25, -0.2) is 4.79 Å². The van der Waals surface area contributed by atoms with Gasteiger partial charge in [-0.1, -0.05) is 31.2 Å². The molecule has 3 nitrogen and oxygen atoms in total. The number of aryl methyl sites for hydroxylation is 1. The highest BCUT2D eigenvalue weighted by atomic mass is 32.2. The molecular weight excluding hydrogens is 359 g/mol. The van der Waals surface area contributed by atoms with E-state index in [9.17, 15) is 14.0 Å². The van der Waals surface area contributed by atoms with Gasteiger partial charge < -0.3 is 4.42 Å². The first-order valence-electron chi connectivity index (χ1n) is 8.18. The van der Waals surface area contributed by atoms with Crippen LogP contribution >= 0.6 is 23.5 Å². The fourth-order valence-corrected chi connectivity index (χ4v) is 3.99. The van der Waals surface area contributed by atoms with Crippen LogP contribution in [-0.2, 0) is 4.79 Å². The van der Waals surface area contributed by atoms with E-state index < -0.39 is 11.4 Å². The predicted octanol–water partition coefficient (Wildman–Crippen LogP) is 5.34. The van der Waals surface area contributed by atoms with Crippen molar-refractivity contribution in [2.45, 2.75) is 37.5 Å². The number of fused-ring (bicyclic) bond motifs is 1. The smallest absolute Gasteiger partial charge is 0.372 e. The van der Waals surface area contributed by atoms with Crippen LogP contribution in [0, 0.1) is 12.7 Å². The number of carbonyl (C=O) groups is 1. The van der Waals surface area contributed by atoms with Crippen molar-refractivity contribution < 1.29 is 13.6 Å². The second-order valence-corrected chi connectivity index (χ2v) is 7.89. The second-order valence-electron chi connectivity index (χ2n) is 5.62. The summed E-state index contributed by atoms with van der Waals surface area (Å²) in [5.41, 5.74) is -0.168. The molecule has 1 aromatic heterocycles. The van der Waals surface area contributed by atoms with E-state index in [2.05, 4.69) is 6.58 Å². The van der Waals surface area contributed by atoms with Gasteiger partial charge in [0.1, 0.15) is 5.58 Å². The molecule has 25 heavy (non-hydrogen) atoms. The zero-order valence-electron chi connectivity index (χ0n) is 14.2. The minimum Gasteiger partial charge on any atom is -0.421 e. The molecule has 6 heteroatoms. The van der Waals surface area contributed by atoms with Gasteiger partial charge in [0.15, 0.2) is 0 Å². The van der Waals surface area contributed by atoms with Crippen LogP contribution in [0.3, 0.4) is 0 Å². The van der Waals surface area contributed by atoms with E-state index in [0.29, 0.717) is 16.5 Å². The Morgan fingerprint density at radius 3 is 2.68 bits per heavy atom. The Morgan fingerprint density at radius 1 is 1.24 bits per heavy atom. The molecule has 0 spiro atoms. The summed E-state index contributed by atoms with van der Waals surface area (Å²) < 4.78 is 18.6. The van der Waals surface area contributed by atoms with Gasteiger partial charge in [0.25, 0.3) is 0 Å². The van der Waals surface area contributed by atoms with Crippen molar-refractivity contribution in [3.8, 4) is 0 Å². The average Bonchev–Trinajstić information content (AvgIpc) is 2.62. The first kappa shape index (κ1) is 19.8. The van der Waals surface area contributed by atoms with Crippen LogP contribution in [0.5, 0.6) is 0 Å². The third kappa shape index (κ3) is 5.75. The Hall–Kier alpha value is -1.53. The number of unbranched alkanes of at least 4 members (excludes halogenated alkanes) is 3. The number of hydrogen-bond acceptors (Lipinski definition) is 5.